The van der Waals surface area contributed by atoms with E-state index >= 15 is 0 Å². The topological polar surface area (TPSA) is 17.8 Å². The summed E-state index contributed by atoms with van der Waals surface area (Å²) in [5.74, 6) is 0. The van der Waals surface area contributed by atoms with Crippen LogP contribution < -0.4 is 0 Å². The predicted octanol–water partition coefficient (Wildman–Crippen LogP) is 4.94. The lowest BCUT2D eigenvalue weighted by Gasteiger charge is -2.08. The molecule has 0 saturated carbocycles. The minimum Gasteiger partial charge on any atom is -0.308 e. The van der Waals surface area contributed by atoms with E-state index in [9.17, 15) is 0 Å². The molecule has 0 bridgehead atoms. The molecule has 2 nitrogen and oxygen atoms in total. The largest absolute Gasteiger partial charge is 0.308 e. The van der Waals surface area contributed by atoms with Crippen molar-refractivity contribution in [1.82, 2.24) is 9.55 Å². The number of para-hydroxylation sites is 2. The van der Waals surface area contributed by atoms with Gasteiger partial charge in [-0.25, -0.2) is 0 Å². The molecular weight excluding hydrogens is 312 g/mol. The van der Waals surface area contributed by atoms with Crippen molar-refractivity contribution >= 4 is 37.7 Å². The summed E-state index contributed by atoms with van der Waals surface area (Å²) >= 11 is 3.64. The smallest absolute Gasteiger partial charge is 0.0714 e. The minimum absolute atomic E-state index is 1.01. The van der Waals surface area contributed by atoms with Crippen LogP contribution in [0.15, 0.2) is 71.5 Å². The second-order valence-electron chi connectivity index (χ2n) is 4.71. The first-order valence-corrected chi connectivity index (χ1v) is 7.23. The Bertz CT molecular complexity index is 910. The Hall–Kier alpha value is -2.13. The fourth-order valence-electron chi connectivity index (χ4n) is 2.71. The normalized spacial score (nSPS) is 11.2. The van der Waals surface area contributed by atoms with E-state index in [1.165, 1.54) is 16.3 Å². The van der Waals surface area contributed by atoms with Gasteiger partial charge in [0.2, 0.25) is 0 Å². The average molecular weight is 323 g/mol. The summed E-state index contributed by atoms with van der Waals surface area (Å²) in [5, 5.41) is 2.39. The van der Waals surface area contributed by atoms with Gasteiger partial charge in [-0.2, -0.15) is 0 Å². The van der Waals surface area contributed by atoms with Gasteiger partial charge in [-0.3, -0.25) is 4.98 Å². The van der Waals surface area contributed by atoms with E-state index < -0.39 is 0 Å². The highest BCUT2D eigenvalue weighted by Gasteiger charge is 2.13. The number of benzene rings is 2. The summed E-state index contributed by atoms with van der Waals surface area (Å²) < 4.78 is 3.28. The third kappa shape index (κ3) is 1.60. The summed E-state index contributed by atoms with van der Waals surface area (Å²) in [4.78, 5) is 4.31. The third-order valence-electron chi connectivity index (χ3n) is 3.55. The fourth-order valence-corrected chi connectivity index (χ4v) is 3.22. The zero-order valence-electron chi connectivity index (χ0n) is 10.6. The SMILES string of the molecule is Brc1cncc2c3ccccc3n(-c3ccccc3)c12. The zero-order valence-corrected chi connectivity index (χ0v) is 12.2. The van der Waals surface area contributed by atoms with Crippen molar-refractivity contribution in [3.63, 3.8) is 0 Å². The number of aromatic nitrogens is 2. The molecule has 0 fully saturated rings. The minimum atomic E-state index is 1.01. The van der Waals surface area contributed by atoms with Crippen LogP contribution in [0.2, 0.25) is 0 Å². The van der Waals surface area contributed by atoms with E-state index in [2.05, 4.69) is 74.0 Å². The zero-order chi connectivity index (χ0) is 13.5. The first kappa shape index (κ1) is 11.7. The number of rotatable bonds is 1. The fraction of sp³-hybridized carbons (Fsp3) is 0. The molecule has 4 rings (SSSR count). The Labute approximate surface area is 124 Å². The van der Waals surface area contributed by atoms with Gasteiger partial charge in [0.1, 0.15) is 0 Å². The highest BCUT2D eigenvalue weighted by molar-refractivity contribution is 9.10. The summed E-state index contributed by atoms with van der Waals surface area (Å²) in [5.41, 5.74) is 3.51. The van der Waals surface area contributed by atoms with E-state index in [4.69, 9.17) is 0 Å². The first-order valence-electron chi connectivity index (χ1n) is 6.44. The van der Waals surface area contributed by atoms with Crippen molar-refractivity contribution in [1.29, 1.82) is 0 Å². The molecule has 2 aromatic heterocycles. The van der Waals surface area contributed by atoms with Gasteiger partial charge in [-0.1, -0.05) is 36.4 Å². The van der Waals surface area contributed by atoms with Crippen LogP contribution in [-0.2, 0) is 0 Å². The quantitative estimate of drug-likeness (QED) is 0.485. The molecule has 96 valence electrons. The number of halogens is 1. The third-order valence-corrected chi connectivity index (χ3v) is 4.13. The summed E-state index contributed by atoms with van der Waals surface area (Å²) in [6, 6.07) is 18.8. The molecule has 0 amide bonds. The Kier molecular flexibility index (Phi) is 2.60. The van der Waals surface area contributed by atoms with E-state index in [1.807, 2.05) is 18.5 Å². The lowest BCUT2D eigenvalue weighted by Crippen LogP contribution is -1.93. The van der Waals surface area contributed by atoms with Crippen LogP contribution in [0.5, 0.6) is 0 Å². The summed E-state index contributed by atoms with van der Waals surface area (Å²) in [7, 11) is 0. The van der Waals surface area contributed by atoms with Crippen LogP contribution in [0.25, 0.3) is 27.5 Å². The van der Waals surface area contributed by atoms with Crippen molar-refractivity contribution in [3.05, 3.63) is 71.5 Å². The second kappa shape index (κ2) is 4.46. The van der Waals surface area contributed by atoms with Crippen molar-refractivity contribution in [3.8, 4) is 5.69 Å². The Morgan fingerprint density at radius 2 is 1.55 bits per heavy atom. The van der Waals surface area contributed by atoms with Crippen LogP contribution in [0.4, 0.5) is 0 Å². The monoisotopic (exact) mass is 322 g/mol. The molecule has 3 heteroatoms. The molecule has 0 saturated heterocycles. The Balaban J connectivity index is 2.27. The number of nitrogens with zero attached hydrogens (tertiary/aromatic N) is 2. The molecule has 4 aromatic rings. The van der Waals surface area contributed by atoms with Crippen LogP contribution in [0, 0.1) is 0 Å². The standard InChI is InChI=1S/C17H11BrN2/c18-15-11-19-10-14-13-8-4-5-9-16(13)20(17(14)15)12-6-2-1-3-7-12/h1-11H. The molecular formula is C17H11BrN2. The van der Waals surface area contributed by atoms with Crippen molar-refractivity contribution in [2.24, 2.45) is 0 Å². The van der Waals surface area contributed by atoms with Crippen molar-refractivity contribution in [2.75, 3.05) is 0 Å². The van der Waals surface area contributed by atoms with Crippen molar-refractivity contribution < 1.29 is 0 Å². The number of fused-ring (bicyclic) bond motifs is 3. The van der Waals surface area contributed by atoms with Gasteiger partial charge in [0.15, 0.2) is 0 Å². The Morgan fingerprint density at radius 1 is 0.800 bits per heavy atom. The molecule has 0 atom stereocenters. The average Bonchev–Trinajstić information content (AvgIpc) is 2.84. The molecule has 0 spiro atoms. The molecule has 20 heavy (non-hydrogen) atoms. The van der Waals surface area contributed by atoms with E-state index in [0.29, 0.717) is 0 Å². The van der Waals surface area contributed by atoms with Crippen molar-refractivity contribution in [2.45, 2.75) is 0 Å². The molecule has 0 N–H and O–H groups in total. The van der Waals surface area contributed by atoms with Gasteiger partial charge in [0, 0.05) is 28.9 Å². The van der Waals surface area contributed by atoms with Gasteiger partial charge in [0.05, 0.1) is 15.5 Å². The van der Waals surface area contributed by atoms with Gasteiger partial charge in [-0.15, -0.1) is 0 Å². The lowest BCUT2D eigenvalue weighted by molar-refractivity contribution is 1.17. The van der Waals surface area contributed by atoms with Crippen LogP contribution >= 0.6 is 15.9 Å². The lowest BCUT2D eigenvalue weighted by atomic mass is 10.2. The number of hydrogen-bond donors (Lipinski definition) is 0. The molecule has 0 radical (unpaired) electrons. The predicted molar refractivity (Wildman–Crippen MR) is 86.3 cm³/mol. The summed E-state index contributed by atoms with van der Waals surface area (Å²) in [6.07, 6.45) is 3.78. The molecule has 2 aromatic carbocycles. The van der Waals surface area contributed by atoms with E-state index in [1.54, 1.807) is 0 Å². The molecule has 0 aliphatic rings. The van der Waals surface area contributed by atoms with Crippen LogP contribution in [-0.4, -0.2) is 9.55 Å². The number of hydrogen-bond acceptors (Lipinski definition) is 1. The van der Waals surface area contributed by atoms with Gasteiger partial charge >= 0.3 is 0 Å². The summed E-state index contributed by atoms with van der Waals surface area (Å²) in [6.45, 7) is 0. The molecule has 0 unspecified atom stereocenters. The van der Waals surface area contributed by atoms with Crippen LogP contribution in [0.1, 0.15) is 0 Å². The Morgan fingerprint density at radius 3 is 2.40 bits per heavy atom. The van der Waals surface area contributed by atoms with Crippen LogP contribution in [0.3, 0.4) is 0 Å². The van der Waals surface area contributed by atoms with E-state index in [-0.39, 0.29) is 0 Å². The maximum Gasteiger partial charge on any atom is 0.0714 e. The second-order valence-corrected chi connectivity index (χ2v) is 5.56. The van der Waals surface area contributed by atoms with E-state index in [0.717, 1.165) is 15.7 Å². The molecule has 0 aliphatic heterocycles. The molecule has 2 heterocycles. The highest BCUT2D eigenvalue weighted by Crippen LogP contribution is 2.34. The maximum absolute atomic E-state index is 4.31. The first-order chi connectivity index (χ1) is 9.86. The maximum atomic E-state index is 4.31. The van der Waals surface area contributed by atoms with Gasteiger partial charge in [0.25, 0.3) is 0 Å². The number of pyridine rings is 1. The highest BCUT2D eigenvalue weighted by atomic mass is 79.9. The van der Waals surface area contributed by atoms with Gasteiger partial charge in [-0.05, 0) is 34.1 Å². The molecule has 0 aliphatic carbocycles. The van der Waals surface area contributed by atoms with Gasteiger partial charge < -0.3 is 4.57 Å².